The fourth-order valence-corrected chi connectivity index (χ4v) is 3.89. The van der Waals surface area contributed by atoms with Crippen molar-refractivity contribution >= 4 is 17.3 Å². The van der Waals surface area contributed by atoms with E-state index >= 15 is 0 Å². The van der Waals surface area contributed by atoms with E-state index in [0.717, 1.165) is 56.4 Å². The quantitative estimate of drug-likeness (QED) is 0.901. The molecule has 2 heterocycles. The molecule has 1 atom stereocenters. The van der Waals surface area contributed by atoms with Gasteiger partial charge in [-0.3, -0.25) is 9.69 Å². The van der Waals surface area contributed by atoms with E-state index in [2.05, 4.69) is 9.88 Å². The highest BCUT2D eigenvalue weighted by Gasteiger charge is 2.27. The van der Waals surface area contributed by atoms with E-state index in [1.807, 2.05) is 0 Å². The minimum absolute atomic E-state index is 0.218. The predicted octanol–water partition coefficient (Wildman–Crippen LogP) is 1.16. The molecular formula is C13H18N2O3S. The van der Waals surface area contributed by atoms with Crippen LogP contribution in [-0.2, 0) is 28.9 Å². The van der Waals surface area contributed by atoms with E-state index in [-0.39, 0.29) is 5.92 Å². The molecule has 1 aromatic heterocycles. The minimum atomic E-state index is -0.672. The van der Waals surface area contributed by atoms with Crippen molar-refractivity contribution in [3.63, 3.8) is 0 Å². The first kappa shape index (κ1) is 13.0. The molecule has 104 valence electrons. The first-order valence-electron chi connectivity index (χ1n) is 6.73. The number of aliphatic carboxylic acids is 1. The molecule has 1 saturated heterocycles. The van der Waals surface area contributed by atoms with Crippen LogP contribution in [0.3, 0.4) is 0 Å². The molecule has 3 rings (SSSR count). The third-order valence-electron chi connectivity index (χ3n) is 3.80. The third kappa shape index (κ3) is 2.96. The van der Waals surface area contributed by atoms with Crippen molar-refractivity contribution in [2.24, 2.45) is 5.92 Å². The van der Waals surface area contributed by atoms with Crippen LogP contribution in [0.4, 0.5) is 0 Å². The molecule has 1 fully saturated rings. The van der Waals surface area contributed by atoms with Gasteiger partial charge in [-0.15, -0.1) is 11.3 Å². The Balaban J connectivity index is 1.67. The van der Waals surface area contributed by atoms with Gasteiger partial charge in [-0.05, 0) is 19.3 Å². The number of carbonyl (C=O) groups is 1. The average Bonchev–Trinajstić information content (AvgIpc) is 2.80. The Bertz CT molecular complexity index is 468. The molecule has 0 amide bonds. The smallest absolute Gasteiger partial charge is 0.306 e. The first-order chi connectivity index (χ1) is 9.22. The van der Waals surface area contributed by atoms with Crippen LogP contribution >= 0.6 is 11.3 Å². The van der Waals surface area contributed by atoms with E-state index in [1.54, 1.807) is 11.3 Å². The Morgan fingerprint density at radius 3 is 3.00 bits per heavy atom. The van der Waals surface area contributed by atoms with Crippen LogP contribution in [0.25, 0.3) is 0 Å². The molecule has 1 unspecified atom stereocenters. The lowest BCUT2D eigenvalue weighted by Gasteiger charge is -2.25. The Labute approximate surface area is 116 Å². The molecule has 0 bridgehead atoms. The van der Waals surface area contributed by atoms with Crippen LogP contribution in [0, 0.1) is 5.92 Å². The van der Waals surface area contributed by atoms with Gasteiger partial charge >= 0.3 is 5.97 Å². The van der Waals surface area contributed by atoms with Crippen LogP contribution in [0.1, 0.15) is 22.0 Å². The first-order valence-corrected chi connectivity index (χ1v) is 7.54. The molecular weight excluding hydrogens is 264 g/mol. The number of morpholine rings is 1. The zero-order chi connectivity index (χ0) is 13.2. The van der Waals surface area contributed by atoms with Crippen LogP contribution in [0.15, 0.2) is 0 Å². The Morgan fingerprint density at radius 1 is 1.47 bits per heavy atom. The maximum Gasteiger partial charge on any atom is 0.306 e. The normalized spacial score (nSPS) is 24.1. The van der Waals surface area contributed by atoms with E-state index in [0.29, 0.717) is 6.42 Å². The molecule has 1 N–H and O–H groups in total. The number of nitrogens with zero attached hydrogens (tertiary/aromatic N) is 2. The number of aromatic nitrogens is 1. The lowest BCUT2D eigenvalue weighted by molar-refractivity contribution is -0.142. The number of hydrogen-bond acceptors (Lipinski definition) is 5. The summed E-state index contributed by atoms with van der Waals surface area (Å²) in [5, 5.41) is 10.2. The highest BCUT2D eigenvalue weighted by Crippen LogP contribution is 2.30. The van der Waals surface area contributed by atoms with Crippen LogP contribution < -0.4 is 0 Å². The van der Waals surface area contributed by atoms with Gasteiger partial charge < -0.3 is 9.84 Å². The molecule has 0 spiro atoms. The molecule has 1 aliphatic carbocycles. The summed E-state index contributed by atoms with van der Waals surface area (Å²) in [7, 11) is 0. The van der Waals surface area contributed by atoms with Gasteiger partial charge in [-0.2, -0.15) is 0 Å². The SMILES string of the molecule is O=C(O)C1CCc2nc(CN3CCOCC3)sc2C1. The Morgan fingerprint density at radius 2 is 2.26 bits per heavy atom. The molecule has 6 heteroatoms. The number of fused-ring (bicyclic) bond motifs is 1. The van der Waals surface area contributed by atoms with E-state index in [9.17, 15) is 4.79 Å². The second-order valence-corrected chi connectivity index (χ2v) is 6.31. The van der Waals surface area contributed by atoms with Crippen LogP contribution in [0.2, 0.25) is 0 Å². The molecule has 0 saturated carbocycles. The summed E-state index contributed by atoms with van der Waals surface area (Å²) in [6.45, 7) is 4.39. The fourth-order valence-electron chi connectivity index (χ4n) is 2.66. The van der Waals surface area contributed by atoms with Gasteiger partial charge in [0.1, 0.15) is 5.01 Å². The summed E-state index contributed by atoms with van der Waals surface area (Å²) >= 11 is 1.69. The van der Waals surface area contributed by atoms with Gasteiger partial charge in [0, 0.05) is 18.0 Å². The lowest BCUT2D eigenvalue weighted by atomic mass is 9.91. The van der Waals surface area contributed by atoms with E-state index < -0.39 is 5.97 Å². The van der Waals surface area contributed by atoms with Gasteiger partial charge in [0.25, 0.3) is 0 Å². The largest absolute Gasteiger partial charge is 0.481 e. The number of aryl methyl sites for hydroxylation is 1. The van der Waals surface area contributed by atoms with Gasteiger partial charge in [0.15, 0.2) is 0 Å². The highest BCUT2D eigenvalue weighted by molar-refractivity contribution is 7.11. The second-order valence-electron chi connectivity index (χ2n) is 5.14. The Hall–Kier alpha value is -0.980. The van der Waals surface area contributed by atoms with Crippen molar-refractivity contribution < 1.29 is 14.6 Å². The number of carboxylic acids is 1. The second kappa shape index (κ2) is 5.56. The molecule has 5 nitrogen and oxygen atoms in total. The topological polar surface area (TPSA) is 62.7 Å². The van der Waals surface area contributed by atoms with Crippen LogP contribution in [-0.4, -0.2) is 47.3 Å². The Kier molecular flexibility index (Phi) is 3.81. The number of rotatable bonds is 3. The van der Waals surface area contributed by atoms with Gasteiger partial charge in [-0.1, -0.05) is 0 Å². The summed E-state index contributed by atoms with van der Waals surface area (Å²) < 4.78 is 5.34. The third-order valence-corrected chi connectivity index (χ3v) is 4.90. The minimum Gasteiger partial charge on any atom is -0.481 e. The van der Waals surface area contributed by atoms with Gasteiger partial charge in [0.2, 0.25) is 0 Å². The maximum atomic E-state index is 11.0. The molecule has 1 aromatic rings. The monoisotopic (exact) mass is 282 g/mol. The summed E-state index contributed by atoms with van der Waals surface area (Å²) in [6.07, 6.45) is 2.19. The summed E-state index contributed by atoms with van der Waals surface area (Å²) in [5.74, 6) is -0.891. The summed E-state index contributed by atoms with van der Waals surface area (Å²) in [6, 6.07) is 0. The van der Waals surface area contributed by atoms with Crippen molar-refractivity contribution in [1.82, 2.24) is 9.88 Å². The van der Waals surface area contributed by atoms with Crippen molar-refractivity contribution in [3.05, 3.63) is 15.6 Å². The summed E-state index contributed by atoms with van der Waals surface area (Å²) in [4.78, 5) is 19.3. The molecule has 0 aromatic carbocycles. The maximum absolute atomic E-state index is 11.0. The van der Waals surface area contributed by atoms with Crippen molar-refractivity contribution in [2.75, 3.05) is 26.3 Å². The van der Waals surface area contributed by atoms with E-state index in [4.69, 9.17) is 9.84 Å². The van der Waals surface area contributed by atoms with Gasteiger partial charge in [-0.25, -0.2) is 4.98 Å². The molecule has 0 radical (unpaired) electrons. The van der Waals surface area contributed by atoms with Crippen molar-refractivity contribution in [3.8, 4) is 0 Å². The zero-order valence-corrected chi connectivity index (χ0v) is 11.6. The highest BCUT2D eigenvalue weighted by atomic mass is 32.1. The average molecular weight is 282 g/mol. The predicted molar refractivity (Wildman–Crippen MR) is 71.4 cm³/mol. The van der Waals surface area contributed by atoms with E-state index in [1.165, 1.54) is 4.88 Å². The van der Waals surface area contributed by atoms with Crippen molar-refractivity contribution in [2.45, 2.75) is 25.8 Å². The molecule has 1 aliphatic heterocycles. The summed E-state index contributed by atoms with van der Waals surface area (Å²) in [5.41, 5.74) is 1.13. The zero-order valence-electron chi connectivity index (χ0n) is 10.8. The molecule has 2 aliphatic rings. The number of ether oxygens (including phenoxy) is 1. The lowest BCUT2D eigenvalue weighted by Crippen LogP contribution is -2.35. The number of carboxylic acid groups (broad SMARTS) is 1. The van der Waals surface area contributed by atoms with Gasteiger partial charge in [0.05, 0.1) is 31.4 Å². The molecule has 19 heavy (non-hydrogen) atoms. The van der Waals surface area contributed by atoms with Crippen LogP contribution in [0.5, 0.6) is 0 Å². The fraction of sp³-hybridized carbons (Fsp3) is 0.692. The standard InChI is InChI=1S/C13H18N2O3S/c16-13(17)9-1-2-10-11(7-9)19-12(14-10)8-15-3-5-18-6-4-15/h9H,1-8H2,(H,16,17). The number of thiazole rings is 1. The van der Waals surface area contributed by atoms with Crippen molar-refractivity contribution in [1.29, 1.82) is 0 Å². The number of hydrogen-bond donors (Lipinski definition) is 1.